The second kappa shape index (κ2) is 6.13. The van der Waals surface area contributed by atoms with Crippen molar-refractivity contribution in [3.8, 4) is 0 Å². The molecule has 0 heterocycles. The normalized spacial score (nSPS) is 11.3. The Bertz CT molecular complexity index is 679. The van der Waals surface area contributed by atoms with E-state index in [9.17, 15) is 26.7 Å². The minimum atomic E-state index is -4.44. The first-order valence-corrected chi connectivity index (χ1v) is 6.17. The van der Waals surface area contributed by atoms with Gasteiger partial charge in [0.1, 0.15) is 0 Å². The molecule has 1 amide bonds. The van der Waals surface area contributed by atoms with Gasteiger partial charge in [-0.25, -0.2) is 8.78 Å². The first-order valence-electron chi connectivity index (χ1n) is 6.17. The lowest BCUT2D eigenvalue weighted by molar-refractivity contribution is -0.137. The summed E-state index contributed by atoms with van der Waals surface area (Å²) in [4.78, 5) is 11.7. The standard InChI is InChI=1S/C15H10F5NO/c16-12-6-5-11(8-13(12)17)21-14(22)7-9-1-3-10(4-2-9)15(18,19)20/h1-6,8H,7H2,(H,21,22). The minimum absolute atomic E-state index is 0.0656. The van der Waals surface area contributed by atoms with Gasteiger partial charge in [-0.3, -0.25) is 4.79 Å². The van der Waals surface area contributed by atoms with E-state index in [4.69, 9.17) is 0 Å². The summed E-state index contributed by atoms with van der Waals surface area (Å²) in [5.74, 6) is -2.70. The second-order valence-electron chi connectivity index (χ2n) is 4.55. The third-order valence-electron chi connectivity index (χ3n) is 2.85. The van der Waals surface area contributed by atoms with Crippen molar-refractivity contribution in [3.63, 3.8) is 0 Å². The van der Waals surface area contributed by atoms with Crippen LogP contribution in [0.1, 0.15) is 11.1 Å². The molecule has 116 valence electrons. The van der Waals surface area contributed by atoms with Crippen LogP contribution in [-0.4, -0.2) is 5.91 Å². The van der Waals surface area contributed by atoms with Gasteiger partial charge >= 0.3 is 6.18 Å². The quantitative estimate of drug-likeness (QED) is 0.847. The van der Waals surface area contributed by atoms with Gasteiger partial charge in [0.15, 0.2) is 11.6 Å². The van der Waals surface area contributed by atoms with Gasteiger partial charge in [0.05, 0.1) is 12.0 Å². The number of nitrogens with one attached hydrogen (secondary N) is 1. The SMILES string of the molecule is O=C(Cc1ccc(C(F)(F)F)cc1)Nc1ccc(F)c(F)c1. The molecule has 0 bridgehead atoms. The average Bonchev–Trinajstić information content (AvgIpc) is 2.42. The van der Waals surface area contributed by atoms with Crippen molar-refractivity contribution in [3.05, 3.63) is 65.2 Å². The summed E-state index contributed by atoms with van der Waals surface area (Å²) in [6, 6.07) is 6.99. The molecule has 0 unspecified atom stereocenters. The van der Waals surface area contributed by atoms with Gasteiger partial charge < -0.3 is 5.32 Å². The van der Waals surface area contributed by atoms with E-state index in [1.807, 2.05) is 0 Å². The molecule has 0 spiro atoms. The number of rotatable bonds is 3. The fourth-order valence-electron chi connectivity index (χ4n) is 1.78. The fraction of sp³-hybridized carbons (Fsp3) is 0.133. The number of carbonyl (C=O) groups excluding carboxylic acids is 1. The molecule has 0 radical (unpaired) electrons. The number of amides is 1. The lowest BCUT2D eigenvalue weighted by Gasteiger charge is -2.08. The maximum atomic E-state index is 13.0. The molecule has 0 saturated heterocycles. The largest absolute Gasteiger partial charge is 0.416 e. The summed E-state index contributed by atoms with van der Waals surface area (Å²) in [5.41, 5.74) is -0.374. The van der Waals surface area contributed by atoms with E-state index in [1.54, 1.807) is 0 Å². The predicted molar refractivity (Wildman–Crippen MR) is 70.1 cm³/mol. The summed E-state index contributed by atoms with van der Waals surface area (Å²) in [7, 11) is 0. The Kier molecular flexibility index (Phi) is 4.44. The van der Waals surface area contributed by atoms with Crippen LogP contribution in [0.3, 0.4) is 0 Å². The van der Waals surface area contributed by atoms with Crippen molar-refractivity contribution < 1.29 is 26.7 Å². The Morgan fingerprint density at radius 3 is 2.14 bits per heavy atom. The first-order chi connectivity index (χ1) is 10.3. The summed E-state index contributed by atoms with van der Waals surface area (Å²) in [6.45, 7) is 0. The molecule has 1 N–H and O–H groups in total. The number of hydrogen-bond acceptors (Lipinski definition) is 1. The number of benzene rings is 2. The molecule has 2 aromatic rings. The van der Waals surface area contributed by atoms with Crippen LogP contribution in [0.25, 0.3) is 0 Å². The van der Waals surface area contributed by atoms with Crippen molar-refractivity contribution in [2.24, 2.45) is 0 Å². The summed E-state index contributed by atoms with van der Waals surface area (Å²) in [5, 5.41) is 2.34. The molecule has 7 heteroatoms. The van der Waals surface area contributed by atoms with Crippen LogP contribution in [0.2, 0.25) is 0 Å². The van der Waals surface area contributed by atoms with Crippen molar-refractivity contribution in [2.45, 2.75) is 12.6 Å². The Morgan fingerprint density at radius 1 is 0.955 bits per heavy atom. The van der Waals surface area contributed by atoms with Gasteiger partial charge in [-0.05, 0) is 29.8 Å². The summed E-state index contributed by atoms with van der Waals surface area (Å²) >= 11 is 0. The Balaban J connectivity index is 2.01. The van der Waals surface area contributed by atoms with Crippen molar-refractivity contribution in [2.75, 3.05) is 5.32 Å². The highest BCUT2D eigenvalue weighted by Crippen LogP contribution is 2.29. The summed E-state index contributed by atoms with van der Waals surface area (Å²) in [6.07, 6.45) is -4.62. The number of hydrogen-bond donors (Lipinski definition) is 1. The average molecular weight is 315 g/mol. The zero-order valence-corrected chi connectivity index (χ0v) is 11.0. The molecule has 2 nitrogen and oxygen atoms in total. The monoisotopic (exact) mass is 315 g/mol. The van der Waals surface area contributed by atoms with Crippen molar-refractivity contribution >= 4 is 11.6 Å². The molecule has 0 aromatic heterocycles. The van der Waals surface area contributed by atoms with Crippen LogP contribution >= 0.6 is 0 Å². The van der Waals surface area contributed by atoms with Gasteiger partial charge in [-0.15, -0.1) is 0 Å². The minimum Gasteiger partial charge on any atom is -0.326 e. The third-order valence-corrected chi connectivity index (χ3v) is 2.85. The third kappa shape index (κ3) is 4.03. The van der Waals surface area contributed by atoms with Gasteiger partial charge in [0.2, 0.25) is 5.91 Å². The van der Waals surface area contributed by atoms with Crippen LogP contribution in [0.5, 0.6) is 0 Å². The Labute approximate surface area is 122 Å². The number of alkyl halides is 3. The van der Waals surface area contributed by atoms with E-state index < -0.39 is 29.3 Å². The molecule has 0 atom stereocenters. The van der Waals surface area contributed by atoms with Crippen LogP contribution < -0.4 is 5.32 Å². The Morgan fingerprint density at radius 2 is 1.59 bits per heavy atom. The van der Waals surface area contributed by atoms with Crippen LogP contribution in [-0.2, 0) is 17.4 Å². The van der Waals surface area contributed by atoms with E-state index in [-0.39, 0.29) is 12.1 Å². The van der Waals surface area contributed by atoms with E-state index in [1.165, 1.54) is 18.2 Å². The van der Waals surface area contributed by atoms with Crippen molar-refractivity contribution in [1.29, 1.82) is 0 Å². The lowest BCUT2D eigenvalue weighted by atomic mass is 10.1. The topological polar surface area (TPSA) is 29.1 Å². The molecule has 0 fully saturated rings. The maximum Gasteiger partial charge on any atom is 0.416 e. The smallest absolute Gasteiger partial charge is 0.326 e. The van der Waals surface area contributed by atoms with E-state index in [0.29, 0.717) is 5.56 Å². The van der Waals surface area contributed by atoms with Gasteiger partial charge in [0, 0.05) is 11.8 Å². The fourth-order valence-corrected chi connectivity index (χ4v) is 1.78. The number of anilines is 1. The molecule has 2 aromatic carbocycles. The molecule has 0 aliphatic heterocycles. The van der Waals surface area contributed by atoms with Crippen LogP contribution in [0.4, 0.5) is 27.6 Å². The maximum absolute atomic E-state index is 13.0. The van der Waals surface area contributed by atoms with E-state index in [0.717, 1.165) is 24.3 Å². The molecule has 0 saturated carbocycles. The predicted octanol–water partition coefficient (Wildman–Crippen LogP) is 4.16. The second-order valence-corrected chi connectivity index (χ2v) is 4.55. The molecular formula is C15H10F5NO. The highest BCUT2D eigenvalue weighted by molar-refractivity contribution is 5.92. The highest BCUT2D eigenvalue weighted by Gasteiger charge is 2.29. The van der Waals surface area contributed by atoms with E-state index >= 15 is 0 Å². The van der Waals surface area contributed by atoms with Crippen LogP contribution in [0.15, 0.2) is 42.5 Å². The zero-order chi connectivity index (χ0) is 16.3. The van der Waals surface area contributed by atoms with Gasteiger partial charge in [-0.2, -0.15) is 13.2 Å². The summed E-state index contributed by atoms with van der Waals surface area (Å²) < 4.78 is 62.9. The molecule has 22 heavy (non-hydrogen) atoms. The van der Waals surface area contributed by atoms with Gasteiger partial charge in [0.25, 0.3) is 0 Å². The molecule has 0 aliphatic rings. The zero-order valence-electron chi connectivity index (χ0n) is 11.0. The van der Waals surface area contributed by atoms with E-state index in [2.05, 4.69) is 5.32 Å². The first kappa shape index (κ1) is 15.9. The Hall–Kier alpha value is -2.44. The molecule has 0 aliphatic carbocycles. The number of halogens is 5. The molecule has 2 rings (SSSR count). The number of carbonyl (C=O) groups is 1. The van der Waals surface area contributed by atoms with Crippen LogP contribution in [0, 0.1) is 11.6 Å². The van der Waals surface area contributed by atoms with Gasteiger partial charge in [-0.1, -0.05) is 12.1 Å². The lowest BCUT2D eigenvalue weighted by Crippen LogP contribution is -2.15. The van der Waals surface area contributed by atoms with Crippen molar-refractivity contribution in [1.82, 2.24) is 0 Å². The highest BCUT2D eigenvalue weighted by atomic mass is 19.4. The molecular weight excluding hydrogens is 305 g/mol.